The number of nitrogen functional groups attached to an aromatic ring is 1. The van der Waals surface area contributed by atoms with Crippen LogP contribution < -0.4 is 15.8 Å². The zero-order chi connectivity index (χ0) is 15.7. The Kier molecular flexibility index (Phi) is 3.46. The number of aliphatic imine (C=N–C) groups is 1. The number of methoxy groups -OCH3 is 1. The Morgan fingerprint density at radius 1 is 1.36 bits per heavy atom. The molecule has 0 saturated carbocycles. The van der Waals surface area contributed by atoms with Gasteiger partial charge in [0.05, 0.1) is 19.3 Å². The second-order valence-electron chi connectivity index (χ2n) is 4.88. The second-order valence-corrected chi connectivity index (χ2v) is 4.88. The van der Waals surface area contributed by atoms with Crippen molar-refractivity contribution in [1.82, 2.24) is 9.97 Å². The number of ketones is 1. The van der Waals surface area contributed by atoms with Crippen molar-refractivity contribution in [2.75, 3.05) is 18.2 Å². The SMILES string of the molecule is COc1cc2c(cc1Nc1ncnc(N)c1C(C)=O)C=NC2. The first-order valence-corrected chi connectivity index (χ1v) is 6.69. The van der Waals surface area contributed by atoms with Crippen LogP contribution in [0.1, 0.15) is 28.4 Å². The van der Waals surface area contributed by atoms with E-state index in [1.807, 2.05) is 12.1 Å². The van der Waals surface area contributed by atoms with Crippen LogP contribution >= 0.6 is 0 Å². The molecule has 0 bridgehead atoms. The summed E-state index contributed by atoms with van der Waals surface area (Å²) >= 11 is 0. The maximum Gasteiger partial charge on any atom is 0.167 e. The topological polar surface area (TPSA) is 102 Å². The second kappa shape index (κ2) is 5.44. The van der Waals surface area contributed by atoms with E-state index in [0.29, 0.717) is 23.8 Å². The Bertz CT molecular complexity index is 786. The molecule has 0 amide bonds. The predicted molar refractivity (Wildman–Crippen MR) is 84.0 cm³/mol. The Morgan fingerprint density at radius 2 is 2.18 bits per heavy atom. The van der Waals surface area contributed by atoms with Crippen molar-refractivity contribution >= 4 is 29.3 Å². The maximum absolute atomic E-state index is 11.8. The number of aromatic nitrogens is 2. The van der Waals surface area contributed by atoms with E-state index in [2.05, 4.69) is 20.3 Å². The van der Waals surface area contributed by atoms with Gasteiger partial charge in [-0.3, -0.25) is 9.79 Å². The quantitative estimate of drug-likeness (QED) is 0.836. The van der Waals surface area contributed by atoms with E-state index in [4.69, 9.17) is 10.5 Å². The molecular weight excluding hydrogens is 282 g/mol. The largest absolute Gasteiger partial charge is 0.495 e. The zero-order valence-electron chi connectivity index (χ0n) is 12.3. The van der Waals surface area contributed by atoms with Gasteiger partial charge in [-0.2, -0.15) is 0 Å². The Morgan fingerprint density at radius 3 is 2.91 bits per heavy atom. The molecule has 7 heteroatoms. The van der Waals surface area contributed by atoms with Gasteiger partial charge in [-0.05, 0) is 30.2 Å². The number of benzene rings is 1. The average molecular weight is 297 g/mol. The maximum atomic E-state index is 11.8. The first-order valence-electron chi connectivity index (χ1n) is 6.69. The first kappa shape index (κ1) is 14.0. The molecule has 1 aromatic carbocycles. The molecule has 0 saturated heterocycles. The van der Waals surface area contributed by atoms with Crippen LogP contribution in [0.15, 0.2) is 23.5 Å². The lowest BCUT2D eigenvalue weighted by molar-refractivity contribution is 0.101. The van der Waals surface area contributed by atoms with E-state index in [-0.39, 0.29) is 17.2 Å². The van der Waals surface area contributed by atoms with Crippen molar-refractivity contribution in [2.24, 2.45) is 4.99 Å². The number of hydrogen-bond acceptors (Lipinski definition) is 7. The molecule has 3 rings (SSSR count). The number of hydrogen-bond donors (Lipinski definition) is 2. The first-order chi connectivity index (χ1) is 10.6. The highest BCUT2D eigenvalue weighted by Crippen LogP contribution is 2.33. The van der Waals surface area contributed by atoms with Crippen LogP contribution in [0.2, 0.25) is 0 Å². The monoisotopic (exact) mass is 297 g/mol. The summed E-state index contributed by atoms with van der Waals surface area (Å²) in [7, 11) is 1.59. The summed E-state index contributed by atoms with van der Waals surface area (Å²) < 4.78 is 5.40. The van der Waals surface area contributed by atoms with Crippen LogP contribution in [0.5, 0.6) is 5.75 Å². The molecule has 22 heavy (non-hydrogen) atoms. The Hall–Kier alpha value is -2.96. The fourth-order valence-electron chi connectivity index (χ4n) is 2.37. The van der Waals surface area contributed by atoms with E-state index >= 15 is 0 Å². The van der Waals surface area contributed by atoms with E-state index in [1.54, 1.807) is 13.3 Å². The van der Waals surface area contributed by atoms with Gasteiger partial charge < -0.3 is 15.8 Å². The van der Waals surface area contributed by atoms with Crippen molar-refractivity contribution in [3.8, 4) is 5.75 Å². The number of ether oxygens (including phenoxy) is 1. The van der Waals surface area contributed by atoms with E-state index < -0.39 is 0 Å². The van der Waals surface area contributed by atoms with Gasteiger partial charge >= 0.3 is 0 Å². The van der Waals surface area contributed by atoms with Gasteiger partial charge in [-0.1, -0.05) is 0 Å². The van der Waals surface area contributed by atoms with Crippen molar-refractivity contribution in [3.63, 3.8) is 0 Å². The number of nitrogens with one attached hydrogen (secondary N) is 1. The zero-order valence-corrected chi connectivity index (χ0v) is 12.3. The summed E-state index contributed by atoms with van der Waals surface area (Å²) in [6, 6.07) is 3.83. The predicted octanol–water partition coefficient (Wildman–Crippen LogP) is 1.95. The number of nitrogens with two attached hydrogens (primary N) is 1. The molecule has 0 radical (unpaired) electrons. The summed E-state index contributed by atoms with van der Waals surface area (Å²) in [5, 5.41) is 3.11. The summed E-state index contributed by atoms with van der Waals surface area (Å²) in [6.45, 7) is 2.07. The number of fused-ring (bicyclic) bond motifs is 1. The minimum absolute atomic E-state index is 0.145. The van der Waals surface area contributed by atoms with Gasteiger partial charge in [0.2, 0.25) is 0 Å². The van der Waals surface area contributed by atoms with Crippen LogP contribution in [0.25, 0.3) is 0 Å². The Balaban J connectivity index is 2.06. The lowest BCUT2D eigenvalue weighted by Gasteiger charge is -2.14. The fourth-order valence-corrected chi connectivity index (χ4v) is 2.37. The van der Waals surface area contributed by atoms with Crippen molar-refractivity contribution < 1.29 is 9.53 Å². The van der Waals surface area contributed by atoms with Crippen molar-refractivity contribution in [1.29, 1.82) is 0 Å². The standard InChI is InChI=1S/C15H15N5O2/c1-8(21)13-14(16)18-7-19-15(13)20-11-3-9-5-17-6-10(9)4-12(11)22-2/h3-5,7H,6H2,1-2H3,(H3,16,18,19,20). The number of anilines is 3. The van der Waals surface area contributed by atoms with Gasteiger partial charge in [0.1, 0.15) is 29.3 Å². The van der Waals surface area contributed by atoms with E-state index in [1.165, 1.54) is 13.3 Å². The average Bonchev–Trinajstić information content (AvgIpc) is 2.93. The molecule has 0 atom stereocenters. The summed E-state index contributed by atoms with van der Waals surface area (Å²) in [6.07, 6.45) is 3.12. The van der Waals surface area contributed by atoms with Gasteiger partial charge in [0, 0.05) is 6.21 Å². The molecule has 0 unspecified atom stereocenters. The van der Waals surface area contributed by atoms with Crippen LogP contribution in [0, 0.1) is 0 Å². The number of Topliss-reactive ketones (excluding diaryl/α,β-unsaturated/α-hetero) is 1. The summed E-state index contributed by atoms with van der Waals surface area (Å²) in [4.78, 5) is 24.0. The minimum atomic E-state index is -0.206. The lowest BCUT2D eigenvalue weighted by atomic mass is 10.1. The molecule has 0 fully saturated rings. The molecule has 1 aromatic heterocycles. The number of nitrogens with zero attached hydrogens (tertiary/aromatic N) is 3. The van der Waals surface area contributed by atoms with Crippen molar-refractivity contribution in [3.05, 3.63) is 35.2 Å². The van der Waals surface area contributed by atoms with Crippen LogP contribution in [0.4, 0.5) is 17.3 Å². The molecule has 3 N–H and O–H groups in total. The van der Waals surface area contributed by atoms with Gasteiger partial charge in [-0.15, -0.1) is 0 Å². The highest BCUT2D eigenvalue weighted by molar-refractivity contribution is 6.03. The molecule has 1 aliphatic rings. The highest BCUT2D eigenvalue weighted by atomic mass is 16.5. The number of carbonyl (C=O) groups excluding carboxylic acids is 1. The molecule has 1 aliphatic heterocycles. The number of rotatable bonds is 4. The van der Waals surface area contributed by atoms with Crippen LogP contribution in [0.3, 0.4) is 0 Å². The molecule has 112 valence electrons. The highest BCUT2D eigenvalue weighted by Gasteiger charge is 2.17. The molecule has 2 aromatic rings. The third kappa shape index (κ3) is 2.37. The van der Waals surface area contributed by atoms with E-state index in [9.17, 15) is 4.79 Å². The van der Waals surface area contributed by atoms with Crippen LogP contribution in [-0.4, -0.2) is 29.1 Å². The van der Waals surface area contributed by atoms with Gasteiger partial charge in [-0.25, -0.2) is 9.97 Å². The fraction of sp³-hybridized carbons (Fsp3) is 0.200. The van der Waals surface area contributed by atoms with Gasteiger partial charge in [0.15, 0.2) is 5.78 Å². The normalized spacial score (nSPS) is 12.1. The molecule has 0 aliphatic carbocycles. The minimum Gasteiger partial charge on any atom is -0.495 e. The number of carbonyl (C=O) groups is 1. The third-order valence-corrected chi connectivity index (χ3v) is 3.44. The third-order valence-electron chi connectivity index (χ3n) is 3.44. The lowest BCUT2D eigenvalue weighted by Crippen LogP contribution is -2.09. The van der Waals surface area contributed by atoms with E-state index in [0.717, 1.165) is 11.1 Å². The molecule has 2 heterocycles. The van der Waals surface area contributed by atoms with Gasteiger partial charge in [0.25, 0.3) is 0 Å². The summed E-state index contributed by atoms with van der Waals surface area (Å²) in [5.74, 6) is 0.943. The smallest absolute Gasteiger partial charge is 0.167 e. The molecular formula is C15H15N5O2. The molecule has 0 spiro atoms. The van der Waals surface area contributed by atoms with Crippen LogP contribution in [-0.2, 0) is 6.54 Å². The Labute approximate surface area is 127 Å². The van der Waals surface area contributed by atoms with Crippen molar-refractivity contribution in [2.45, 2.75) is 13.5 Å². The summed E-state index contributed by atoms with van der Waals surface area (Å²) in [5.41, 5.74) is 8.83. The molecule has 7 nitrogen and oxygen atoms in total.